The molecule has 116 valence electrons. The van der Waals surface area contributed by atoms with E-state index >= 15 is 0 Å². The lowest BCUT2D eigenvalue weighted by molar-refractivity contribution is 0.656. The van der Waals surface area contributed by atoms with Gasteiger partial charge in [0.2, 0.25) is 0 Å². The molecule has 0 N–H and O–H groups in total. The van der Waals surface area contributed by atoms with E-state index in [2.05, 4.69) is 40.2 Å². The summed E-state index contributed by atoms with van der Waals surface area (Å²) in [7, 11) is 0. The Kier molecular flexibility index (Phi) is 110. The van der Waals surface area contributed by atoms with Crippen molar-refractivity contribution in [3.8, 4) is 0 Å². The summed E-state index contributed by atoms with van der Waals surface area (Å²) in [5.74, 6) is 0. The van der Waals surface area contributed by atoms with Crippen molar-refractivity contribution in [1.82, 2.24) is 0 Å². The SMILES string of the molecule is C=CC.C=CC.C=CC.C=CC.CCCCCCC. The maximum absolute atomic E-state index is 3.36. The van der Waals surface area contributed by atoms with Crippen molar-refractivity contribution in [2.24, 2.45) is 0 Å². The summed E-state index contributed by atoms with van der Waals surface area (Å²) in [6, 6.07) is 0. The molecule has 0 nitrogen and oxygen atoms in total. The van der Waals surface area contributed by atoms with Gasteiger partial charge in [-0.05, 0) is 27.7 Å². The van der Waals surface area contributed by atoms with Crippen LogP contribution in [0.2, 0.25) is 0 Å². The molecule has 0 heterocycles. The minimum Gasteiger partial charge on any atom is -0.103 e. The molecule has 0 aromatic rings. The number of unbranched alkanes of at least 4 members (excludes halogenated alkanes) is 4. The van der Waals surface area contributed by atoms with Crippen LogP contribution in [0.15, 0.2) is 50.6 Å². The van der Waals surface area contributed by atoms with Gasteiger partial charge in [0, 0.05) is 0 Å². The molecule has 0 aromatic carbocycles. The molecule has 0 rings (SSSR count). The second-order valence-electron chi connectivity index (χ2n) is 3.69. The molecular formula is C19H40. The van der Waals surface area contributed by atoms with Gasteiger partial charge in [-0.15, -0.1) is 26.3 Å². The smallest absolute Gasteiger partial charge is 0.0473 e. The van der Waals surface area contributed by atoms with Crippen LogP contribution in [0.25, 0.3) is 0 Å². The van der Waals surface area contributed by atoms with Crippen molar-refractivity contribution < 1.29 is 0 Å². The molecule has 0 bridgehead atoms. The topological polar surface area (TPSA) is 0 Å². The van der Waals surface area contributed by atoms with E-state index in [9.17, 15) is 0 Å². The molecule has 0 aliphatic carbocycles. The predicted molar refractivity (Wildman–Crippen MR) is 97.9 cm³/mol. The van der Waals surface area contributed by atoms with Gasteiger partial charge in [0.25, 0.3) is 0 Å². The normalized spacial score (nSPS) is 6.21. The number of allylic oxidation sites excluding steroid dienone is 4. The minimum atomic E-state index is 1.36. The Labute approximate surface area is 125 Å². The molecule has 0 heteroatoms. The van der Waals surface area contributed by atoms with Crippen molar-refractivity contribution in [3.63, 3.8) is 0 Å². The van der Waals surface area contributed by atoms with Crippen LogP contribution in [0.1, 0.15) is 73.6 Å². The number of rotatable bonds is 4. The third kappa shape index (κ3) is 433. The molecule has 0 radical (unpaired) electrons. The molecule has 0 fully saturated rings. The predicted octanol–water partition coefficient (Wildman–Crippen LogP) is 7.75. The Morgan fingerprint density at radius 3 is 0.789 bits per heavy atom. The molecule has 0 aliphatic heterocycles. The second-order valence-corrected chi connectivity index (χ2v) is 3.69. The summed E-state index contributed by atoms with van der Waals surface area (Å²) in [6.45, 7) is 25.5. The summed E-state index contributed by atoms with van der Waals surface area (Å²) in [6.07, 6.45) is 14.0. The van der Waals surface area contributed by atoms with Gasteiger partial charge in [-0.25, -0.2) is 0 Å². The van der Waals surface area contributed by atoms with Crippen LogP contribution in [0.5, 0.6) is 0 Å². The Morgan fingerprint density at radius 1 is 0.526 bits per heavy atom. The largest absolute Gasteiger partial charge is 0.103 e. The molecule has 0 atom stereocenters. The molecule has 0 unspecified atom stereocenters. The van der Waals surface area contributed by atoms with Crippen molar-refractivity contribution in [1.29, 1.82) is 0 Å². The first-order valence-electron chi connectivity index (χ1n) is 7.36. The van der Waals surface area contributed by atoms with Crippen LogP contribution in [-0.4, -0.2) is 0 Å². The first-order chi connectivity index (χ1) is 9.07. The van der Waals surface area contributed by atoms with Gasteiger partial charge in [-0.1, -0.05) is 70.3 Å². The Bertz CT molecular complexity index is 103. The minimum absolute atomic E-state index is 1.36. The van der Waals surface area contributed by atoms with Gasteiger partial charge in [0.15, 0.2) is 0 Å². The van der Waals surface area contributed by atoms with Crippen LogP contribution in [-0.2, 0) is 0 Å². The van der Waals surface area contributed by atoms with Gasteiger partial charge < -0.3 is 0 Å². The zero-order valence-electron chi connectivity index (χ0n) is 14.7. The average Bonchev–Trinajstić information content (AvgIpc) is 2.34. The Balaban J connectivity index is -0.0000000467. The molecule has 0 spiro atoms. The van der Waals surface area contributed by atoms with Gasteiger partial charge >= 0.3 is 0 Å². The fourth-order valence-electron chi connectivity index (χ4n) is 0.677. The van der Waals surface area contributed by atoms with Crippen LogP contribution in [0, 0.1) is 0 Å². The van der Waals surface area contributed by atoms with Gasteiger partial charge in [0.1, 0.15) is 0 Å². The zero-order chi connectivity index (χ0) is 16.4. The maximum atomic E-state index is 3.36. The van der Waals surface area contributed by atoms with E-state index in [0.717, 1.165) is 0 Å². The van der Waals surface area contributed by atoms with Crippen molar-refractivity contribution in [2.75, 3.05) is 0 Å². The Hall–Kier alpha value is -1.04. The molecule has 0 saturated heterocycles. The van der Waals surface area contributed by atoms with Crippen LogP contribution < -0.4 is 0 Å². The lowest BCUT2D eigenvalue weighted by Gasteiger charge is -1.90. The van der Waals surface area contributed by atoms with E-state index < -0.39 is 0 Å². The molecule has 0 saturated carbocycles. The summed E-state index contributed by atoms with van der Waals surface area (Å²) in [5, 5.41) is 0. The summed E-state index contributed by atoms with van der Waals surface area (Å²) in [5.41, 5.74) is 0. The molecule has 19 heavy (non-hydrogen) atoms. The van der Waals surface area contributed by atoms with E-state index in [0.29, 0.717) is 0 Å². The quantitative estimate of drug-likeness (QED) is 0.361. The van der Waals surface area contributed by atoms with Crippen LogP contribution in [0.3, 0.4) is 0 Å². The monoisotopic (exact) mass is 268 g/mol. The standard InChI is InChI=1S/C7H16.4C3H6/c1-3-5-7-6-4-2;4*1-3-2/h3-7H2,1-2H3;4*3H,1H2,2H3. The third-order valence-corrected chi connectivity index (χ3v) is 1.21. The van der Waals surface area contributed by atoms with E-state index in [1.165, 1.54) is 32.1 Å². The highest BCUT2D eigenvalue weighted by Gasteiger charge is 1.80. The highest BCUT2D eigenvalue weighted by atomic mass is 13.9. The van der Waals surface area contributed by atoms with Crippen LogP contribution in [0.4, 0.5) is 0 Å². The van der Waals surface area contributed by atoms with Crippen molar-refractivity contribution in [3.05, 3.63) is 50.6 Å². The first-order valence-corrected chi connectivity index (χ1v) is 7.36. The van der Waals surface area contributed by atoms with Crippen molar-refractivity contribution in [2.45, 2.75) is 73.6 Å². The fourth-order valence-corrected chi connectivity index (χ4v) is 0.677. The molecular weight excluding hydrogens is 228 g/mol. The summed E-state index contributed by atoms with van der Waals surface area (Å²) < 4.78 is 0. The van der Waals surface area contributed by atoms with Crippen molar-refractivity contribution >= 4 is 0 Å². The second kappa shape index (κ2) is 68.2. The first kappa shape index (κ1) is 30.8. The third-order valence-electron chi connectivity index (χ3n) is 1.21. The molecule has 0 aliphatic rings. The highest BCUT2D eigenvalue weighted by Crippen LogP contribution is 2.00. The van der Waals surface area contributed by atoms with E-state index in [1.54, 1.807) is 24.3 Å². The van der Waals surface area contributed by atoms with Gasteiger partial charge in [0.05, 0.1) is 0 Å². The summed E-state index contributed by atoms with van der Waals surface area (Å²) >= 11 is 0. The lowest BCUT2D eigenvalue weighted by Crippen LogP contribution is -1.70. The highest BCUT2D eigenvalue weighted by molar-refractivity contribution is 4.52. The lowest BCUT2D eigenvalue weighted by atomic mass is 10.2. The van der Waals surface area contributed by atoms with Crippen LogP contribution >= 0.6 is 0 Å². The number of hydrogen-bond donors (Lipinski definition) is 0. The fraction of sp³-hybridized carbons (Fsp3) is 0.579. The molecule has 0 amide bonds. The zero-order valence-corrected chi connectivity index (χ0v) is 14.7. The number of hydrogen-bond acceptors (Lipinski definition) is 0. The van der Waals surface area contributed by atoms with E-state index in [4.69, 9.17) is 0 Å². The van der Waals surface area contributed by atoms with E-state index in [-0.39, 0.29) is 0 Å². The average molecular weight is 269 g/mol. The van der Waals surface area contributed by atoms with Gasteiger partial charge in [-0.2, -0.15) is 0 Å². The molecule has 0 aromatic heterocycles. The summed E-state index contributed by atoms with van der Waals surface area (Å²) in [4.78, 5) is 0. The Morgan fingerprint density at radius 2 is 0.684 bits per heavy atom. The maximum Gasteiger partial charge on any atom is -0.0473 e. The van der Waals surface area contributed by atoms with Gasteiger partial charge in [-0.3, -0.25) is 0 Å². The van der Waals surface area contributed by atoms with E-state index in [1.807, 2.05) is 27.7 Å².